The zero-order valence-electron chi connectivity index (χ0n) is 16.2. The molecule has 0 amide bonds. The molecule has 0 radical (unpaired) electrons. The molecule has 0 fully saturated rings. The highest BCUT2D eigenvalue weighted by molar-refractivity contribution is 7.89. The number of hydrogen-bond acceptors (Lipinski definition) is 5. The van der Waals surface area contributed by atoms with Crippen LogP contribution in [0, 0.1) is 0 Å². The van der Waals surface area contributed by atoms with Gasteiger partial charge in [-0.3, -0.25) is 0 Å². The minimum atomic E-state index is -3.01. The van der Waals surface area contributed by atoms with E-state index in [2.05, 4.69) is 27.5 Å². The number of aryl methyl sites for hydroxylation is 1. The molecule has 148 valence electrons. The van der Waals surface area contributed by atoms with E-state index in [1.54, 1.807) is 11.3 Å². The Morgan fingerprint density at radius 2 is 1.85 bits per heavy atom. The fraction of sp³-hybridized carbons (Fsp3) is 0.474. The van der Waals surface area contributed by atoms with Crippen LogP contribution in [-0.2, 0) is 35.0 Å². The number of aromatic nitrogens is 1. The highest BCUT2D eigenvalue weighted by atomic mass is 32.2. The molecule has 8 heteroatoms. The van der Waals surface area contributed by atoms with Crippen molar-refractivity contribution in [3.05, 3.63) is 51.5 Å². The molecule has 1 heterocycles. The molecule has 2 N–H and O–H groups in total. The number of benzene rings is 1. The predicted molar refractivity (Wildman–Crippen MR) is 113 cm³/mol. The average molecular weight is 409 g/mol. The van der Waals surface area contributed by atoms with E-state index in [0.717, 1.165) is 48.0 Å². The molecule has 0 aliphatic carbocycles. The largest absolute Gasteiger partial charge is 0.357 e. The van der Waals surface area contributed by atoms with Gasteiger partial charge in [0.15, 0.2) is 15.8 Å². The normalized spacial score (nSPS) is 12.2. The summed E-state index contributed by atoms with van der Waals surface area (Å²) in [6.07, 6.45) is 5.09. The third kappa shape index (κ3) is 8.09. The lowest BCUT2D eigenvalue weighted by molar-refractivity contribution is 0.601. The van der Waals surface area contributed by atoms with Crippen LogP contribution in [0.1, 0.15) is 34.9 Å². The SMILES string of the molecule is CCNC(=NCc1ccc(CS(C)(=O)=O)cc1)NCCc1ncc(CC)s1. The van der Waals surface area contributed by atoms with Crippen LogP contribution in [0.2, 0.25) is 0 Å². The summed E-state index contributed by atoms with van der Waals surface area (Å²) >= 11 is 1.76. The summed E-state index contributed by atoms with van der Waals surface area (Å²) < 4.78 is 22.7. The second-order valence-electron chi connectivity index (χ2n) is 6.33. The lowest BCUT2D eigenvalue weighted by Gasteiger charge is -2.10. The van der Waals surface area contributed by atoms with Crippen LogP contribution in [0.3, 0.4) is 0 Å². The van der Waals surface area contributed by atoms with Gasteiger partial charge < -0.3 is 10.6 Å². The van der Waals surface area contributed by atoms with E-state index in [-0.39, 0.29) is 5.75 Å². The molecule has 27 heavy (non-hydrogen) atoms. The van der Waals surface area contributed by atoms with E-state index < -0.39 is 9.84 Å². The second kappa shape index (κ2) is 10.4. The van der Waals surface area contributed by atoms with Crippen molar-refractivity contribution in [2.24, 2.45) is 4.99 Å². The summed E-state index contributed by atoms with van der Waals surface area (Å²) in [5.74, 6) is 0.835. The molecule has 2 aromatic rings. The van der Waals surface area contributed by atoms with Gasteiger partial charge >= 0.3 is 0 Å². The Bertz CT molecular complexity index is 843. The maximum Gasteiger partial charge on any atom is 0.191 e. The minimum absolute atomic E-state index is 0.0667. The van der Waals surface area contributed by atoms with Crippen molar-refractivity contribution in [1.29, 1.82) is 0 Å². The molecule has 6 nitrogen and oxygen atoms in total. The molecular formula is C19H28N4O2S2. The molecule has 0 aliphatic rings. The highest BCUT2D eigenvalue weighted by Crippen LogP contribution is 2.13. The summed E-state index contributed by atoms with van der Waals surface area (Å²) in [6.45, 7) is 6.27. The number of thiazole rings is 1. The van der Waals surface area contributed by atoms with Gasteiger partial charge in [-0.15, -0.1) is 11.3 Å². The molecule has 0 unspecified atom stereocenters. The van der Waals surface area contributed by atoms with E-state index in [1.807, 2.05) is 37.4 Å². The van der Waals surface area contributed by atoms with Crippen molar-refractivity contribution in [2.45, 2.75) is 39.0 Å². The fourth-order valence-electron chi connectivity index (χ4n) is 2.47. The lowest BCUT2D eigenvalue weighted by atomic mass is 10.1. The van der Waals surface area contributed by atoms with Crippen LogP contribution in [0.25, 0.3) is 0 Å². The Labute approximate surface area is 166 Å². The highest BCUT2D eigenvalue weighted by Gasteiger charge is 2.05. The van der Waals surface area contributed by atoms with Crippen molar-refractivity contribution >= 4 is 27.1 Å². The van der Waals surface area contributed by atoms with Crippen LogP contribution < -0.4 is 10.6 Å². The van der Waals surface area contributed by atoms with Gasteiger partial charge in [0.25, 0.3) is 0 Å². The van der Waals surface area contributed by atoms with Crippen LogP contribution in [0.4, 0.5) is 0 Å². The van der Waals surface area contributed by atoms with Crippen molar-refractivity contribution in [3.63, 3.8) is 0 Å². The molecule has 0 bridgehead atoms. The van der Waals surface area contributed by atoms with Crippen LogP contribution in [0.15, 0.2) is 35.5 Å². The van der Waals surface area contributed by atoms with E-state index in [4.69, 9.17) is 0 Å². The second-order valence-corrected chi connectivity index (χ2v) is 9.67. The van der Waals surface area contributed by atoms with Gasteiger partial charge in [-0.1, -0.05) is 31.2 Å². The van der Waals surface area contributed by atoms with Gasteiger partial charge in [0.2, 0.25) is 0 Å². The zero-order chi connectivity index (χ0) is 19.7. The van der Waals surface area contributed by atoms with E-state index >= 15 is 0 Å². The number of sulfone groups is 1. The molecule has 0 saturated carbocycles. The fourth-order valence-corrected chi connectivity index (χ4v) is 4.13. The Kier molecular flexibility index (Phi) is 8.24. The maximum absolute atomic E-state index is 11.4. The van der Waals surface area contributed by atoms with E-state index in [0.29, 0.717) is 6.54 Å². The number of nitrogens with one attached hydrogen (secondary N) is 2. The van der Waals surface area contributed by atoms with Gasteiger partial charge in [0, 0.05) is 36.8 Å². The van der Waals surface area contributed by atoms with Crippen LogP contribution in [-0.4, -0.2) is 38.7 Å². The van der Waals surface area contributed by atoms with E-state index in [9.17, 15) is 8.42 Å². The molecule has 1 aromatic carbocycles. The molecule has 1 aromatic heterocycles. The van der Waals surface area contributed by atoms with Crippen molar-refractivity contribution in [2.75, 3.05) is 19.3 Å². The lowest BCUT2D eigenvalue weighted by Crippen LogP contribution is -2.38. The van der Waals surface area contributed by atoms with E-state index in [1.165, 1.54) is 11.1 Å². The molecular weight excluding hydrogens is 380 g/mol. The number of guanidine groups is 1. The van der Waals surface area contributed by atoms with Crippen molar-refractivity contribution in [3.8, 4) is 0 Å². The molecule has 0 saturated heterocycles. The standard InChI is InChI=1S/C19H28N4O2S2/c1-4-17-13-22-18(26-17)10-11-21-19(20-5-2)23-12-15-6-8-16(9-7-15)14-27(3,24)25/h6-9,13H,4-5,10-12,14H2,1-3H3,(H2,20,21,23). The molecule has 0 aliphatic heterocycles. The van der Waals surface area contributed by atoms with Gasteiger partial charge in [0.05, 0.1) is 17.3 Å². The number of hydrogen-bond donors (Lipinski definition) is 2. The maximum atomic E-state index is 11.4. The van der Waals surface area contributed by atoms with Gasteiger partial charge in [-0.2, -0.15) is 0 Å². The quantitative estimate of drug-likeness (QED) is 0.492. The van der Waals surface area contributed by atoms with Gasteiger partial charge in [-0.25, -0.2) is 18.4 Å². The van der Waals surface area contributed by atoms with Crippen molar-refractivity contribution < 1.29 is 8.42 Å². The average Bonchev–Trinajstić information content (AvgIpc) is 3.07. The monoisotopic (exact) mass is 408 g/mol. The molecule has 0 atom stereocenters. The summed E-state index contributed by atoms with van der Waals surface area (Å²) in [4.78, 5) is 10.3. The Hall–Kier alpha value is -1.93. The summed E-state index contributed by atoms with van der Waals surface area (Å²) in [5, 5.41) is 7.71. The van der Waals surface area contributed by atoms with Gasteiger partial charge in [0.1, 0.15) is 0 Å². The Balaban J connectivity index is 1.88. The first-order chi connectivity index (χ1) is 12.9. The number of nitrogens with zero attached hydrogens (tertiary/aromatic N) is 2. The Morgan fingerprint density at radius 3 is 2.44 bits per heavy atom. The molecule has 0 spiro atoms. The first-order valence-corrected chi connectivity index (χ1v) is 12.0. The van der Waals surface area contributed by atoms with Crippen LogP contribution in [0.5, 0.6) is 0 Å². The molecule has 2 rings (SSSR count). The predicted octanol–water partition coefficient (Wildman–Crippen LogP) is 2.55. The Morgan fingerprint density at radius 1 is 1.15 bits per heavy atom. The third-order valence-electron chi connectivity index (χ3n) is 3.80. The minimum Gasteiger partial charge on any atom is -0.357 e. The smallest absolute Gasteiger partial charge is 0.191 e. The first kappa shape index (κ1) is 21.4. The number of rotatable bonds is 9. The summed E-state index contributed by atoms with van der Waals surface area (Å²) in [7, 11) is -3.01. The topological polar surface area (TPSA) is 83.5 Å². The third-order valence-corrected chi connectivity index (χ3v) is 5.86. The summed E-state index contributed by atoms with van der Waals surface area (Å²) in [6, 6.07) is 7.55. The van der Waals surface area contributed by atoms with Crippen molar-refractivity contribution in [1.82, 2.24) is 15.6 Å². The zero-order valence-corrected chi connectivity index (χ0v) is 17.8. The first-order valence-electron chi connectivity index (χ1n) is 9.11. The van der Waals surface area contributed by atoms with Crippen LogP contribution >= 0.6 is 11.3 Å². The van der Waals surface area contributed by atoms with Gasteiger partial charge in [-0.05, 0) is 24.5 Å². The summed E-state index contributed by atoms with van der Waals surface area (Å²) in [5.41, 5.74) is 1.84. The number of aliphatic imine (C=N–C) groups is 1.